The van der Waals surface area contributed by atoms with Crippen LogP contribution in [0.3, 0.4) is 0 Å². The van der Waals surface area contributed by atoms with Crippen molar-refractivity contribution in [2.45, 2.75) is 32.1 Å². The van der Waals surface area contributed by atoms with Crippen LogP contribution in [0, 0.1) is 11.7 Å². The summed E-state index contributed by atoms with van der Waals surface area (Å²) < 4.78 is 14.2. The van der Waals surface area contributed by atoms with Crippen molar-refractivity contribution in [2.24, 2.45) is 5.92 Å². The van der Waals surface area contributed by atoms with Gasteiger partial charge in [-0.25, -0.2) is 9.37 Å². The molecular weight excluding hydrogens is 377 g/mol. The molecule has 2 aromatic carbocycles. The number of anilines is 2. The van der Waals surface area contributed by atoms with E-state index in [0.717, 1.165) is 30.4 Å². The maximum Gasteiger partial charge on any atom is 0.255 e. The number of hydrogen-bond donors (Lipinski definition) is 2. The predicted molar refractivity (Wildman–Crippen MR) is 109 cm³/mol. The predicted octanol–water partition coefficient (Wildman–Crippen LogP) is 5.21. The molecule has 0 unspecified atom stereocenters. The van der Waals surface area contributed by atoms with Crippen LogP contribution in [-0.2, 0) is 4.79 Å². The third-order valence-electron chi connectivity index (χ3n) is 4.94. The van der Waals surface area contributed by atoms with Crippen molar-refractivity contribution in [3.05, 3.63) is 53.8 Å². The van der Waals surface area contributed by atoms with E-state index >= 15 is 0 Å². The molecule has 1 fully saturated rings. The fourth-order valence-electron chi connectivity index (χ4n) is 3.46. The summed E-state index contributed by atoms with van der Waals surface area (Å²) in [6, 6.07) is 10.9. The van der Waals surface area contributed by atoms with E-state index in [-0.39, 0.29) is 23.3 Å². The summed E-state index contributed by atoms with van der Waals surface area (Å²) in [6.07, 6.45) is 5.29. The number of rotatable bonds is 4. The van der Waals surface area contributed by atoms with Crippen LogP contribution in [-0.4, -0.2) is 16.8 Å². The van der Waals surface area contributed by atoms with Gasteiger partial charge in [0.15, 0.2) is 5.13 Å². The molecule has 0 atom stereocenters. The molecule has 7 heteroatoms. The van der Waals surface area contributed by atoms with Gasteiger partial charge in [-0.2, -0.15) is 0 Å². The molecule has 0 radical (unpaired) electrons. The van der Waals surface area contributed by atoms with Crippen molar-refractivity contribution >= 4 is 44.2 Å². The Bertz CT molecular complexity index is 1030. The zero-order chi connectivity index (χ0) is 19.5. The van der Waals surface area contributed by atoms with Crippen LogP contribution in [0.15, 0.2) is 42.5 Å². The highest BCUT2D eigenvalue weighted by Gasteiger charge is 2.22. The Hall–Kier alpha value is -2.80. The first-order valence-electron chi connectivity index (χ1n) is 9.37. The van der Waals surface area contributed by atoms with E-state index in [0.29, 0.717) is 16.3 Å². The number of fused-ring (bicyclic) bond motifs is 1. The fraction of sp³-hybridized carbons (Fsp3) is 0.286. The Kier molecular flexibility index (Phi) is 5.34. The minimum absolute atomic E-state index is 0.0402. The Labute approximate surface area is 166 Å². The standard InChI is InChI=1S/C21H20FN3O2S/c22-15-8-4-7-14(11-15)20(27)23-16-9-10-18-17(12-16)24-21(28-18)25-19(26)13-5-2-1-3-6-13/h4,7-13H,1-3,5-6H2,(H,23,27)(H,24,25,26). The highest BCUT2D eigenvalue weighted by molar-refractivity contribution is 7.22. The molecule has 1 saturated carbocycles. The summed E-state index contributed by atoms with van der Waals surface area (Å²) in [4.78, 5) is 29.2. The molecule has 3 aromatic rings. The number of carbonyl (C=O) groups excluding carboxylic acids is 2. The molecule has 5 nitrogen and oxygen atoms in total. The molecule has 1 aromatic heterocycles. The van der Waals surface area contributed by atoms with Gasteiger partial charge in [-0.05, 0) is 49.2 Å². The van der Waals surface area contributed by atoms with Crippen molar-refractivity contribution in [3.63, 3.8) is 0 Å². The maximum atomic E-state index is 13.3. The molecule has 0 bridgehead atoms. The van der Waals surface area contributed by atoms with Gasteiger partial charge >= 0.3 is 0 Å². The SMILES string of the molecule is O=C(Nc1ccc2sc(NC(=O)C3CCCCC3)nc2c1)c1cccc(F)c1. The number of hydrogen-bond acceptors (Lipinski definition) is 4. The van der Waals surface area contributed by atoms with Crippen molar-refractivity contribution in [1.82, 2.24) is 4.98 Å². The molecule has 4 rings (SSSR count). The quantitative estimate of drug-likeness (QED) is 0.635. The van der Waals surface area contributed by atoms with E-state index in [2.05, 4.69) is 15.6 Å². The highest BCUT2D eigenvalue weighted by atomic mass is 32.1. The van der Waals surface area contributed by atoms with Gasteiger partial charge in [0.25, 0.3) is 5.91 Å². The van der Waals surface area contributed by atoms with Crippen LogP contribution in [0.2, 0.25) is 0 Å². The largest absolute Gasteiger partial charge is 0.322 e. The molecule has 0 saturated heterocycles. The van der Waals surface area contributed by atoms with Crippen LogP contribution in [0.1, 0.15) is 42.5 Å². The zero-order valence-corrected chi connectivity index (χ0v) is 16.0. The Morgan fingerprint density at radius 3 is 2.64 bits per heavy atom. The monoisotopic (exact) mass is 397 g/mol. The number of carbonyl (C=O) groups is 2. The lowest BCUT2D eigenvalue weighted by Gasteiger charge is -2.19. The molecular formula is C21H20FN3O2S. The molecule has 1 heterocycles. The summed E-state index contributed by atoms with van der Waals surface area (Å²) in [5.41, 5.74) is 1.51. The lowest BCUT2D eigenvalue weighted by Crippen LogP contribution is -2.24. The minimum atomic E-state index is -0.457. The lowest BCUT2D eigenvalue weighted by molar-refractivity contribution is -0.120. The fourth-order valence-corrected chi connectivity index (χ4v) is 4.31. The zero-order valence-electron chi connectivity index (χ0n) is 15.2. The molecule has 28 heavy (non-hydrogen) atoms. The van der Waals surface area contributed by atoms with E-state index in [9.17, 15) is 14.0 Å². The van der Waals surface area contributed by atoms with Crippen LogP contribution in [0.25, 0.3) is 10.2 Å². The minimum Gasteiger partial charge on any atom is -0.322 e. The Morgan fingerprint density at radius 2 is 1.86 bits per heavy atom. The second-order valence-corrected chi connectivity index (χ2v) is 8.02. The number of nitrogens with zero attached hydrogens (tertiary/aromatic N) is 1. The summed E-state index contributed by atoms with van der Waals surface area (Å²) in [6.45, 7) is 0. The van der Waals surface area contributed by atoms with E-state index in [1.165, 1.54) is 36.0 Å². The lowest BCUT2D eigenvalue weighted by atomic mass is 9.89. The summed E-state index contributed by atoms with van der Waals surface area (Å²) in [5, 5.41) is 6.25. The van der Waals surface area contributed by atoms with Gasteiger partial charge in [-0.15, -0.1) is 0 Å². The van der Waals surface area contributed by atoms with Crippen LogP contribution >= 0.6 is 11.3 Å². The van der Waals surface area contributed by atoms with Gasteiger partial charge in [-0.3, -0.25) is 9.59 Å². The van der Waals surface area contributed by atoms with E-state index in [1.54, 1.807) is 18.2 Å². The van der Waals surface area contributed by atoms with Crippen LogP contribution in [0.4, 0.5) is 15.2 Å². The van der Waals surface area contributed by atoms with Gasteiger partial charge in [-0.1, -0.05) is 36.7 Å². The van der Waals surface area contributed by atoms with Crippen molar-refractivity contribution in [3.8, 4) is 0 Å². The third-order valence-corrected chi connectivity index (χ3v) is 5.89. The second kappa shape index (κ2) is 8.06. The summed E-state index contributed by atoms with van der Waals surface area (Å²) in [5.74, 6) is -0.735. The van der Waals surface area contributed by atoms with Crippen molar-refractivity contribution in [2.75, 3.05) is 10.6 Å². The van der Waals surface area contributed by atoms with Crippen molar-refractivity contribution < 1.29 is 14.0 Å². The number of thiazole rings is 1. The molecule has 2 amide bonds. The number of aromatic nitrogens is 1. The average molecular weight is 397 g/mol. The summed E-state index contributed by atoms with van der Waals surface area (Å²) in [7, 11) is 0. The van der Waals surface area contributed by atoms with Gasteiger partial charge in [0.2, 0.25) is 5.91 Å². The Balaban J connectivity index is 1.47. The van der Waals surface area contributed by atoms with E-state index < -0.39 is 5.82 Å². The second-order valence-electron chi connectivity index (χ2n) is 6.99. The van der Waals surface area contributed by atoms with Gasteiger partial charge in [0, 0.05) is 17.2 Å². The van der Waals surface area contributed by atoms with Gasteiger partial charge < -0.3 is 10.6 Å². The maximum absolute atomic E-state index is 13.3. The highest BCUT2D eigenvalue weighted by Crippen LogP contribution is 2.30. The van der Waals surface area contributed by atoms with Gasteiger partial charge in [0.05, 0.1) is 10.2 Å². The number of amides is 2. The molecule has 1 aliphatic carbocycles. The van der Waals surface area contributed by atoms with Gasteiger partial charge in [0.1, 0.15) is 5.82 Å². The first kappa shape index (κ1) is 18.6. The first-order chi connectivity index (χ1) is 13.6. The molecule has 0 spiro atoms. The number of nitrogens with one attached hydrogen (secondary N) is 2. The Morgan fingerprint density at radius 1 is 1.04 bits per heavy atom. The molecule has 1 aliphatic rings. The third kappa shape index (κ3) is 4.20. The molecule has 144 valence electrons. The van der Waals surface area contributed by atoms with Crippen LogP contribution < -0.4 is 10.6 Å². The van der Waals surface area contributed by atoms with Crippen molar-refractivity contribution in [1.29, 1.82) is 0 Å². The summed E-state index contributed by atoms with van der Waals surface area (Å²) >= 11 is 1.41. The molecule has 2 N–H and O–H groups in total. The molecule has 0 aliphatic heterocycles. The van der Waals surface area contributed by atoms with E-state index in [4.69, 9.17) is 0 Å². The topological polar surface area (TPSA) is 71.1 Å². The van der Waals surface area contributed by atoms with Crippen LogP contribution in [0.5, 0.6) is 0 Å². The first-order valence-corrected chi connectivity index (χ1v) is 10.2. The number of halogens is 1. The number of benzene rings is 2. The normalized spacial score (nSPS) is 14.8. The average Bonchev–Trinajstić information content (AvgIpc) is 3.10. The smallest absolute Gasteiger partial charge is 0.255 e. The van der Waals surface area contributed by atoms with E-state index in [1.807, 2.05) is 6.07 Å².